The Labute approximate surface area is 151 Å². The molecular formula is C20H28O4S. The van der Waals surface area contributed by atoms with Gasteiger partial charge in [-0.3, -0.25) is 4.18 Å². The molecule has 2 aliphatic rings. The van der Waals surface area contributed by atoms with Crippen LogP contribution in [0.1, 0.15) is 74.8 Å². The Kier molecular flexibility index (Phi) is 5.97. The van der Waals surface area contributed by atoms with Crippen molar-refractivity contribution in [2.24, 2.45) is 0 Å². The van der Waals surface area contributed by atoms with Crippen molar-refractivity contribution < 1.29 is 17.7 Å². The van der Waals surface area contributed by atoms with Gasteiger partial charge in [0.25, 0.3) is 10.1 Å². The zero-order valence-electron chi connectivity index (χ0n) is 14.7. The molecule has 4 nitrogen and oxygen atoms in total. The number of hydrogen-bond acceptors (Lipinski definition) is 4. The molecule has 0 aromatic heterocycles. The van der Waals surface area contributed by atoms with Gasteiger partial charge < -0.3 is 5.11 Å². The molecule has 5 heteroatoms. The fraction of sp³-hybridized carbons (Fsp3) is 0.600. The van der Waals surface area contributed by atoms with Crippen LogP contribution in [0.5, 0.6) is 0 Å². The normalized spacial score (nSPS) is 25.6. The molecule has 1 aromatic carbocycles. The van der Waals surface area contributed by atoms with Crippen molar-refractivity contribution in [3.63, 3.8) is 0 Å². The molecular weight excluding hydrogens is 336 g/mol. The topological polar surface area (TPSA) is 63.6 Å². The summed E-state index contributed by atoms with van der Waals surface area (Å²) in [5, 5.41) is 9.76. The quantitative estimate of drug-likeness (QED) is 0.787. The maximum absolute atomic E-state index is 12.9. The van der Waals surface area contributed by atoms with E-state index < -0.39 is 10.1 Å². The lowest BCUT2D eigenvalue weighted by molar-refractivity contribution is 0.122. The third-order valence-corrected chi connectivity index (χ3v) is 6.93. The zero-order chi connectivity index (χ0) is 17.9. The fourth-order valence-electron chi connectivity index (χ4n) is 4.02. The summed E-state index contributed by atoms with van der Waals surface area (Å²) < 4.78 is 31.4. The summed E-state index contributed by atoms with van der Waals surface area (Å²) in [7, 11) is -3.78. The second-order valence-electron chi connectivity index (χ2n) is 7.32. The second-order valence-corrected chi connectivity index (χ2v) is 8.86. The summed E-state index contributed by atoms with van der Waals surface area (Å²) in [4.78, 5) is 0.296. The average molecular weight is 365 g/mol. The molecule has 0 radical (unpaired) electrons. The molecule has 0 spiro atoms. The van der Waals surface area contributed by atoms with E-state index in [0.29, 0.717) is 17.7 Å². The average Bonchev–Trinajstić information content (AvgIpc) is 2.62. The Morgan fingerprint density at radius 2 is 1.72 bits per heavy atom. The van der Waals surface area contributed by atoms with E-state index in [1.807, 2.05) is 6.07 Å². The van der Waals surface area contributed by atoms with Crippen molar-refractivity contribution in [2.75, 3.05) is 0 Å². The smallest absolute Gasteiger partial charge is 0.297 e. The standard InChI is InChI=1S/C20H28O4S/c1-2-15-8-13-20(19(14-15)16-9-11-17(21)12-10-16)25(22,23)24-18-6-4-3-5-7-18/h2,8,13-14,16-18,21H,1,3-7,9-12H2. The van der Waals surface area contributed by atoms with E-state index in [2.05, 4.69) is 6.58 Å². The molecule has 0 saturated heterocycles. The van der Waals surface area contributed by atoms with Gasteiger partial charge in [0, 0.05) is 0 Å². The minimum Gasteiger partial charge on any atom is -0.393 e. The molecule has 0 amide bonds. The van der Waals surface area contributed by atoms with Gasteiger partial charge in [-0.1, -0.05) is 44.1 Å². The van der Waals surface area contributed by atoms with Crippen molar-refractivity contribution in [3.8, 4) is 0 Å². The summed E-state index contributed by atoms with van der Waals surface area (Å²) in [6.07, 6.45) is 9.15. The van der Waals surface area contributed by atoms with Gasteiger partial charge in [-0.2, -0.15) is 8.42 Å². The van der Waals surface area contributed by atoms with Crippen molar-refractivity contribution in [3.05, 3.63) is 35.9 Å². The first-order valence-corrected chi connectivity index (χ1v) is 10.8. The fourth-order valence-corrected chi connectivity index (χ4v) is 5.42. The van der Waals surface area contributed by atoms with E-state index in [0.717, 1.165) is 56.1 Å². The van der Waals surface area contributed by atoms with Gasteiger partial charge in [0.15, 0.2) is 0 Å². The van der Waals surface area contributed by atoms with Gasteiger partial charge in [-0.25, -0.2) is 0 Å². The number of aliphatic hydroxyl groups is 1. The van der Waals surface area contributed by atoms with Crippen LogP contribution in [0.2, 0.25) is 0 Å². The Hall–Kier alpha value is -1.17. The highest BCUT2D eigenvalue weighted by Gasteiger charge is 2.30. The molecule has 25 heavy (non-hydrogen) atoms. The predicted octanol–water partition coefficient (Wildman–Crippen LogP) is 4.39. The lowest BCUT2D eigenvalue weighted by atomic mass is 9.82. The summed E-state index contributed by atoms with van der Waals surface area (Å²) in [5.74, 6) is 0.142. The third kappa shape index (κ3) is 4.52. The number of hydrogen-bond donors (Lipinski definition) is 1. The van der Waals surface area contributed by atoms with Gasteiger partial charge in [-0.05, 0) is 61.6 Å². The first kappa shape index (κ1) is 18.6. The number of rotatable bonds is 5. The van der Waals surface area contributed by atoms with Crippen LogP contribution < -0.4 is 0 Å². The Morgan fingerprint density at radius 3 is 2.36 bits per heavy atom. The van der Waals surface area contributed by atoms with Gasteiger partial charge in [0.2, 0.25) is 0 Å². The lowest BCUT2D eigenvalue weighted by Crippen LogP contribution is -2.23. The van der Waals surface area contributed by atoms with E-state index in [-0.39, 0.29) is 18.1 Å². The minimum atomic E-state index is -3.78. The highest BCUT2D eigenvalue weighted by Crippen LogP contribution is 2.38. The highest BCUT2D eigenvalue weighted by molar-refractivity contribution is 7.86. The van der Waals surface area contributed by atoms with Crippen LogP contribution in [0, 0.1) is 0 Å². The Morgan fingerprint density at radius 1 is 1.04 bits per heavy atom. The van der Waals surface area contributed by atoms with E-state index >= 15 is 0 Å². The maximum atomic E-state index is 12.9. The summed E-state index contributed by atoms with van der Waals surface area (Å²) in [6, 6.07) is 5.37. The van der Waals surface area contributed by atoms with Crippen molar-refractivity contribution in [1.29, 1.82) is 0 Å². The third-order valence-electron chi connectivity index (χ3n) is 5.49. The molecule has 138 valence electrons. The molecule has 0 aliphatic heterocycles. The van der Waals surface area contributed by atoms with Gasteiger partial charge in [0.05, 0.1) is 17.1 Å². The van der Waals surface area contributed by atoms with Gasteiger partial charge in [-0.15, -0.1) is 0 Å². The van der Waals surface area contributed by atoms with Crippen molar-refractivity contribution >= 4 is 16.2 Å². The largest absolute Gasteiger partial charge is 0.393 e. The molecule has 0 bridgehead atoms. The first-order chi connectivity index (χ1) is 12.0. The molecule has 1 aromatic rings. The zero-order valence-corrected chi connectivity index (χ0v) is 15.5. The van der Waals surface area contributed by atoms with E-state index in [4.69, 9.17) is 4.18 Å². The van der Waals surface area contributed by atoms with E-state index in [9.17, 15) is 13.5 Å². The van der Waals surface area contributed by atoms with Crippen LogP contribution in [-0.4, -0.2) is 25.7 Å². The van der Waals surface area contributed by atoms with E-state index in [1.165, 1.54) is 0 Å². The van der Waals surface area contributed by atoms with Gasteiger partial charge in [0.1, 0.15) is 0 Å². The van der Waals surface area contributed by atoms with Crippen LogP contribution >= 0.6 is 0 Å². The number of benzene rings is 1. The summed E-state index contributed by atoms with van der Waals surface area (Å²) in [6.45, 7) is 3.79. The van der Waals surface area contributed by atoms with Crippen molar-refractivity contribution in [1.82, 2.24) is 0 Å². The molecule has 2 saturated carbocycles. The lowest BCUT2D eigenvalue weighted by Gasteiger charge is -2.28. The van der Waals surface area contributed by atoms with Gasteiger partial charge >= 0.3 is 0 Å². The molecule has 2 fully saturated rings. The van der Waals surface area contributed by atoms with Crippen LogP contribution in [0.4, 0.5) is 0 Å². The highest BCUT2D eigenvalue weighted by atomic mass is 32.2. The summed E-state index contributed by atoms with van der Waals surface area (Å²) in [5.41, 5.74) is 1.73. The van der Waals surface area contributed by atoms with E-state index in [1.54, 1.807) is 18.2 Å². The van der Waals surface area contributed by atoms with Crippen LogP contribution in [0.3, 0.4) is 0 Å². The Bertz CT molecular complexity index is 696. The molecule has 1 N–H and O–H groups in total. The summed E-state index contributed by atoms with van der Waals surface area (Å²) >= 11 is 0. The molecule has 0 heterocycles. The monoisotopic (exact) mass is 364 g/mol. The minimum absolute atomic E-state index is 0.142. The Balaban J connectivity index is 1.89. The molecule has 2 aliphatic carbocycles. The van der Waals surface area contributed by atoms with Crippen LogP contribution in [0.15, 0.2) is 29.7 Å². The number of aliphatic hydroxyl groups excluding tert-OH is 1. The SMILES string of the molecule is C=Cc1ccc(S(=O)(=O)OC2CCCCC2)c(C2CCC(O)CC2)c1. The van der Waals surface area contributed by atoms with Crippen LogP contribution in [0.25, 0.3) is 6.08 Å². The maximum Gasteiger partial charge on any atom is 0.297 e. The first-order valence-electron chi connectivity index (χ1n) is 9.37. The molecule has 0 unspecified atom stereocenters. The molecule has 3 rings (SSSR count). The van der Waals surface area contributed by atoms with Crippen LogP contribution in [-0.2, 0) is 14.3 Å². The molecule has 0 atom stereocenters. The second kappa shape index (κ2) is 8.02. The predicted molar refractivity (Wildman–Crippen MR) is 98.9 cm³/mol. The van der Waals surface area contributed by atoms with Crippen molar-refractivity contribution in [2.45, 2.75) is 80.8 Å².